The third-order valence-corrected chi connectivity index (χ3v) is 3.37. The van der Waals surface area contributed by atoms with Gasteiger partial charge in [0.05, 0.1) is 19.1 Å². The fraction of sp³-hybridized carbons (Fsp3) is 0.929. The zero-order chi connectivity index (χ0) is 14.5. The summed E-state index contributed by atoms with van der Waals surface area (Å²) in [6.07, 6.45) is 0. The molecule has 19 heavy (non-hydrogen) atoms. The van der Waals surface area contributed by atoms with Crippen molar-refractivity contribution in [3.05, 3.63) is 0 Å². The first-order valence-electron chi connectivity index (χ1n) is 7.09. The topological polar surface area (TPSA) is 53.6 Å². The number of hydrogen-bond donors (Lipinski definition) is 2. The van der Waals surface area contributed by atoms with E-state index in [9.17, 15) is 4.79 Å². The highest BCUT2D eigenvalue weighted by molar-refractivity contribution is 5.79. The van der Waals surface area contributed by atoms with Crippen LogP contribution in [-0.2, 0) is 9.53 Å². The minimum absolute atomic E-state index is 0.0601. The normalized spacial score (nSPS) is 23.9. The molecule has 2 unspecified atom stereocenters. The molecule has 2 N–H and O–H groups in total. The van der Waals surface area contributed by atoms with Crippen molar-refractivity contribution < 1.29 is 9.53 Å². The molecule has 0 aromatic rings. The van der Waals surface area contributed by atoms with E-state index >= 15 is 0 Å². The van der Waals surface area contributed by atoms with E-state index < -0.39 is 0 Å². The summed E-state index contributed by atoms with van der Waals surface area (Å²) in [6, 6.07) is 0.155. The smallest absolute Gasteiger partial charge is 0.227 e. The summed E-state index contributed by atoms with van der Waals surface area (Å²) < 4.78 is 5.41. The number of carbonyl (C=O) groups is 1. The zero-order valence-corrected chi connectivity index (χ0v) is 13.0. The third-order valence-electron chi connectivity index (χ3n) is 3.37. The molecule has 1 amide bonds. The summed E-state index contributed by atoms with van der Waals surface area (Å²) in [7, 11) is 4.10. The van der Waals surface area contributed by atoms with Crippen LogP contribution in [0.2, 0.25) is 0 Å². The van der Waals surface area contributed by atoms with Crippen molar-refractivity contribution in [3.63, 3.8) is 0 Å². The Labute approximate surface area is 117 Å². The summed E-state index contributed by atoms with van der Waals surface area (Å²) in [5, 5.41) is 6.38. The van der Waals surface area contributed by atoms with Crippen LogP contribution in [0.15, 0.2) is 0 Å². The lowest BCUT2D eigenvalue weighted by Crippen LogP contribution is -2.47. The number of hydrogen-bond acceptors (Lipinski definition) is 4. The van der Waals surface area contributed by atoms with Gasteiger partial charge in [0.2, 0.25) is 5.91 Å². The predicted octanol–water partition coefficient (Wildman–Crippen LogP) is 0.315. The van der Waals surface area contributed by atoms with Crippen molar-refractivity contribution in [2.24, 2.45) is 11.3 Å². The first-order chi connectivity index (χ1) is 8.85. The number of likely N-dealkylation sites (N-methyl/N-ethyl adjacent to an activating group) is 1. The maximum Gasteiger partial charge on any atom is 0.227 e. The number of ether oxygens (including phenoxy) is 1. The van der Waals surface area contributed by atoms with Gasteiger partial charge in [-0.1, -0.05) is 20.8 Å². The summed E-state index contributed by atoms with van der Waals surface area (Å²) in [4.78, 5) is 14.4. The van der Waals surface area contributed by atoms with E-state index in [1.54, 1.807) is 0 Å². The molecular weight excluding hydrogens is 242 g/mol. The second-order valence-electron chi connectivity index (χ2n) is 6.43. The lowest BCUT2D eigenvalue weighted by molar-refractivity contribution is -0.125. The van der Waals surface area contributed by atoms with Crippen LogP contribution in [-0.4, -0.2) is 63.8 Å². The van der Waals surface area contributed by atoms with Gasteiger partial charge in [-0.05, 0) is 26.1 Å². The van der Waals surface area contributed by atoms with Gasteiger partial charge in [-0.2, -0.15) is 0 Å². The number of nitrogens with one attached hydrogen (secondary N) is 2. The Morgan fingerprint density at radius 2 is 2.05 bits per heavy atom. The van der Waals surface area contributed by atoms with Crippen LogP contribution in [0.3, 0.4) is 0 Å². The van der Waals surface area contributed by atoms with Crippen LogP contribution in [0, 0.1) is 11.3 Å². The van der Waals surface area contributed by atoms with E-state index in [4.69, 9.17) is 4.74 Å². The zero-order valence-electron chi connectivity index (χ0n) is 13.0. The Hall–Kier alpha value is -0.650. The average Bonchev–Trinajstić information content (AvgIpc) is 2.73. The fourth-order valence-electron chi connectivity index (χ4n) is 2.65. The quantitative estimate of drug-likeness (QED) is 0.700. The van der Waals surface area contributed by atoms with Crippen molar-refractivity contribution in [1.82, 2.24) is 15.5 Å². The standard InChI is InChI=1S/C14H29N3O2/c1-6-15-12-8-19-7-11(12)13(18)16-9-14(2,3)10-17(4)5/h11-12,15H,6-10H2,1-5H3,(H,16,18). The molecule has 112 valence electrons. The molecule has 1 fully saturated rings. The van der Waals surface area contributed by atoms with Gasteiger partial charge >= 0.3 is 0 Å². The minimum atomic E-state index is -0.0601. The molecule has 1 aliphatic heterocycles. The van der Waals surface area contributed by atoms with Crippen LogP contribution in [0.25, 0.3) is 0 Å². The Kier molecular flexibility index (Phi) is 6.23. The monoisotopic (exact) mass is 271 g/mol. The van der Waals surface area contributed by atoms with E-state index in [0.29, 0.717) is 19.8 Å². The van der Waals surface area contributed by atoms with Crippen LogP contribution in [0.1, 0.15) is 20.8 Å². The van der Waals surface area contributed by atoms with Crippen LogP contribution >= 0.6 is 0 Å². The van der Waals surface area contributed by atoms with Gasteiger partial charge in [0.1, 0.15) is 0 Å². The second-order valence-corrected chi connectivity index (χ2v) is 6.43. The summed E-state index contributed by atoms with van der Waals surface area (Å²) in [6.45, 7) is 10.0. The van der Waals surface area contributed by atoms with Crippen molar-refractivity contribution >= 4 is 5.91 Å². The molecule has 0 aromatic carbocycles. The molecule has 2 atom stereocenters. The largest absolute Gasteiger partial charge is 0.379 e. The van der Waals surface area contributed by atoms with E-state index in [0.717, 1.165) is 13.1 Å². The lowest BCUT2D eigenvalue weighted by atomic mass is 9.92. The average molecular weight is 271 g/mol. The molecule has 1 rings (SSSR count). The highest BCUT2D eigenvalue weighted by Crippen LogP contribution is 2.17. The van der Waals surface area contributed by atoms with Crippen molar-refractivity contribution in [1.29, 1.82) is 0 Å². The molecule has 0 aliphatic carbocycles. The number of rotatable bonds is 7. The first-order valence-corrected chi connectivity index (χ1v) is 7.09. The van der Waals surface area contributed by atoms with Gasteiger partial charge in [0, 0.05) is 19.1 Å². The Morgan fingerprint density at radius 3 is 2.63 bits per heavy atom. The van der Waals surface area contributed by atoms with Crippen LogP contribution < -0.4 is 10.6 Å². The first kappa shape index (κ1) is 16.4. The van der Waals surface area contributed by atoms with Crippen LogP contribution in [0.4, 0.5) is 0 Å². The highest BCUT2D eigenvalue weighted by atomic mass is 16.5. The Balaban J connectivity index is 2.42. The van der Waals surface area contributed by atoms with E-state index in [1.807, 2.05) is 6.92 Å². The van der Waals surface area contributed by atoms with Crippen molar-refractivity contribution in [2.45, 2.75) is 26.8 Å². The maximum absolute atomic E-state index is 12.2. The fourth-order valence-corrected chi connectivity index (χ4v) is 2.65. The summed E-state index contributed by atoms with van der Waals surface area (Å²) >= 11 is 0. The van der Waals surface area contributed by atoms with Gasteiger partial charge in [-0.3, -0.25) is 4.79 Å². The molecule has 0 radical (unpaired) electrons. The van der Waals surface area contributed by atoms with E-state index in [1.165, 1.54) is 0 Å². The van der Waals surface area contributed by atoms with Gasteiger partial charge in [0.25, 0.3) is 0 Å². The number of carbonyl (C=O) groups excluding carboxylic acids is 1. The third kappa shape index (κ3) is 5.47. The summed E-state index contributed by atoms with van der Waals surface area (Å²) in [5.74, 6) is 0.0467. The van der Waals surface area contributed by atoms with Gasteiger partial charge in [-0.15, -0.1) is 0 Å². The van der Waals surface area contributed by atoms with Crippen molar-refractivity contribution in [2.75, 3.05) is 46.9 Å². The number of nitrogens with zero attached hydrogens (tertiary/aromatic N) is 1. The lowest BCUT2D eigenvalue weighted by Gasteiger charge is -2.29. The molecule has 0 saturated carbocycles. The van der Waals surface area contributed by atoms with Gasteiger partial charge in [-0.25, -0.2) is 0 Å². The molecule has 1 saturated heterocycles. The molecule has 0 aromatic heterocycles. The van der Waals surface area contributed by atoms with E-state index in [-0.39, 0.29) is 23.3 Å². The summed E-state index contributed by atoms with van der Waals surface area (Å²) in [5.41, 5.74) is 0.0757. The highest BCUT2D eigenvalue weighted by Gasteiger charge is 2.34. The molecular formula is C14H29N3O2. The molecule has 5 heteroatoms. The molecule has 1 heterocycles. The molecule has 0 bridgehead atoms. The number of amides is 1. The predicted molar refractivity (Wildman–Crippen MR) is 77.1 cm³/mol. The molecule has 0 spiro atoms. The molecule has 1 aliphatic rings. The minimum Gasteiger partial charge on any atom is -0.379 e. The van der Waals surface area contributed by atoms with Gasteiger partial charge < -0.3 is 20.3 Å². The Morgan fingerprint density at radius 1 is 1.37 bits per heavy atom. The van der Waals surface area contributed by atoms with E-state index in [2.05, 4.69) is 43.5 Å². The Bertz CT molecular complexity index is 292. The SMILES string of the molecule is CCNC1COCC1C(=O)NCC(C)(C)CN(C)C. The van der Waals surface area contributed by atoms with Gasteiger partial charge in [0.15, 0.2) is 0 Å². The molecule has 5 nitrogen and oxygen atoms in total. The second kappa shape index (κ2) is 7.22. The van der Waals surface area contributed by atoms with Crippen molar-refractivity contribution in [3.8, 4) is 0 Å². The van der Waals surface area contributed by atoms with Crippen LogP contribution in [0.5, 0.6) is 0 Å². The maximum atomic E-state index is 12.2.